The molecular formula is C16H13ClO2. The van der Waals surface area contributed by atoms with E-state index in [9.17, 15) is 4.79 Å². The van der Waals surface area contributed by atoms with Gasteiger partial charge in [0.2, 0.25) is 0 Å². The summed E-state index contributed by atoms with van der Waals surface area (Å²) < 4.78 is 5.53. The highest BCUT2D eigenvalue weighted by Crippen LogP contribution is 2.24. The molecule has 0 atom stereocenters. The smallest absolute Gasteiger partial charge is 0.155 e. The Morgan fingerprint density at radius 2 is 1.84 bits per heavy atom. The minimum absolute atomic E-state index is 0.385. The van der Waals surface area contributed by atoms with Gasteiger partial charge in [0, 0.05) is 0 Å². The molecule has 0 aromatic heterocycles. The summed E-state index contributed by atoms with van der Waals surface area (Å²) >= 11 is 5.91. The lowest BCUT2D eigenvalue weighted by atomic mass is 10.2. The third-order valence-electron chi connectivity index (χ3n) is 2.58. The maximum absolute atomic E-state index is 10.9. The van der Waals surface area contributed by atoms with Gasteiger partial charge < -0.3 is 4.74 Å². The first-order chi connectivity index (χ1) is 9.31. The van der Waals surface area contributed by atoms with E-state index in [4.69, 9.17) is 16.3 Å². The molecule has 2 aromatic rings. The molecule has 0 heterocycles. The number of benzene rings is 2. The quantitative estimate of drug-likeness (QED) is 0.761. The van der Waals surface area contributed by atoms with Crippen molar-refractivity contribution in [2.45, 2.75) is 0 Å². The molecule has 2 rings (SSSR count). The Labute approximate surface area is 117 Å². The normalized spacial score (nSPS) is 10.6. The maximum Gasteiger partial charge on any atom is 0.155 e. The van der Waals surface area contributed by atoms with Crippen LogP contribution in [0.3, 0.4) is 0 Å². The molecule has 3 heteroatoms. The van der Waals surface area contributed by atoms with E-state index in [2.05, 4.69) is 0 Å². The monoisotopic (exact) mass is 272 g/mol. The molecule has 0 fully saturated rings. The lowest BCUT2D eigenvalue weighted by Crippen LogP contribution is -1.97. The molecule has 0 bridgehead atoms. The van der Waals surface area contributed by atoms with E-state index in [0.717, 1.165) is 5.56 Å². The largest absolute Gasteiger partial charge is 0.489 e. The van der Waals surface area contributed by atoms with E-state index in [1.54, 1.807) is 18.2 Å². The van der Waals surface area contributed by atoms with Crippen molar-refractivity contribution in [3.63, 3.8) is 0 Å². The van der Waals surface area contributed by atoms with Gasteiger partial charge >= 0.3 is 0 Å². The van der Waals surface area contributed by atoms with Crippen LogP contribution in [-0.4, -0.2) is 12.9 Å². The molecule has 2 aromatic carbocycles. The van der Waals surface area contributed by atoms with Crippen molar-refractivity contribution in [3.05, 3.63) is 70.8 Å². The van der Waals surface area contributed by atoms with E-state index in [1.165, 1.54) is 0 Å². The molecule has 0 saturated carbocycles. The first kappa shape index (κ1) is 13.4. The van der Waals surface area contributed by atoms with Crippen LogP contribution in [0.4, 0.5) is 0 Å². The Balaban J connectivity index is 1.98. The fourth-order valence-corrected chi connectivity index (χ4v) is 1.85. The SMILES string of the molecule is O=Cc1c(Cl)cccc1OC/C=C/c1ccccc1. The summed E-state index contributed by atoms with van der Waals surface area (Å²) in [5, 5.41) is 0.402. The molecule has 0 aliphatic carbocycles. The van der Waals surface area contributed by atoms with E-state index < -0.39 is 0 Å². The minimum atomic E-state index is 0.385. The first-order valence-electron chi connectivity index (χ1n) is 5.89. The van der Waals surface area contributed by atoms with Gasteiger partial charge in [0.05, 0.1) is 10.6 Å². The van der Waals surface area contributed by atoms with Crippen LogP contribution >= 0.6 is 11.6 Å². The summed E-state index contributed by atoms with van der Waals surface area (Å²) in [5.41, 5.74) is 1.49. The third-order valence-corrected chi connectivity index (χ3v) is 2.91. The molecule has 0 radical (unpaired) electrons. The lowest BCUT2D eigenvalue weighted by molar-refractivity contribution is 0.112. The number of ether oxygens (including phenoxy) is 1. The van der Waals surface area contributed by atoms with Crippen LogP contribution in [0.2, 0.25) is 5.02 Å². The van der Waals surface area contributed by atoms with Gasteiger partial charge in [-0.1, -0.05) is 54.1 Å². The zero-order chi connectivity index (χ0) is 13.5. The molecule has 96 valence electrons. The molecule has 0 aliphatic heterocycles. The third kappa shape index (κ3) is 3.70. The van der Waals surface area contributed by atoms with Crippen LogP contribution in [0.15, 0.2) is 54.6 Å². The lowest BCUT2D eigenvalue weighted by Gasteiger charge is -2.06. The van der Waals surface area contributed by atoms with Gasteiger partial charge in [-0.15, -0.1) is 0 Å². The number of carbonyl (C=O) groups excluding carboxylic acids is 1. The highest BCUT2D eigenvalue weighted by Gasteiger charge is 2.05. The van der Waals surface area contributed by atoms with Gasteiger partial charge in [0.1, 0.15) is 12.4 Å². The van der Waals surface area contributed by atoms with Gasteiger partial charge in [-0.25, -0.2) is 0 Å². The average molecular weight is 273 g/mol. The molecule has 0 saturated heterocycles. The summed E-state index contributed by atoms with van der Waals surface area (Å²) in [6.45, 7) is 0.385. The van der Waals surface area contributed by atoms with Gasteiger partial charge in [-0.2, -0.15) is 0 Å². The summed E-state index contributed by atoms with van der Waals surface area (Å²) in [4.78, 5) is 10.9. The van der Waals surface area contributed by atoms with Gasteiger partial charge in [0.15, 0.2) is 6.29 Å². The Bertz CT molecular complexity index is 577. The van der Waals surface area contributed by atoms with Gasteiger partial charge in [-0.05, 0) is 23.8 Å². The highest BCUT2D eigenvalue weighted by atomic mass is 35.5. The second-order valence-corrected chi connectivity index (χ2v) is 4.30. The zero-order valence-corrected chi connectivity index (χ0v) is 11.0. The highest BCUT2D eigenvalue weighted by molar-refractivity contribution is 6.33. The average Bonchev–Trinajstić information content (AvgIpc) is 2.45. The molecule has 19 heavy (non-hydrogen) atoms. The number of hydrogen-bond donors (Lipinski definition) is 0. The first-order valence-corrected chi connectivity index (χ1v) is 6.27. The Kier molecular flexibility index (Phi) is 4.76. The standard InChI is InChI=1S/C16H13ClO2/c17-15-9-4-10-16(14(15)12-18)19-11-5-8-13-6-2-1-3-7-13/h1-10,12H,11H2/b8-5+. The molecule has 2 nitrogen and oxygen atoms in total. The second-order valence-electron chi connectivity index (χ2n) is 3.89. The Hall–Kier alpha value is -2.06. The van der Waals surface area contributed by atoms with Gasteiger partial charge in [-0.3, -0.25) is 4.79 Å². The minimum Gasteiger partial charge on any atom is -0.489 e. The van der Waals surface area contributed by atoms with E-state index >= 15 is 0 Å². The maximum atomic E-state index is 10.9. The van der Waals surface area contributed by atoms with E-state index in [0.29, 0.717) is 29.2 Å². The summed E-state index contributed by atoms with van der Waals surface area (Å²) in [6, 6.07) is 15.1. The van der Waals surface area contributed by atoms with Crippen molar-refractivity contribution in [2.75, 3.05) is 6.61 Å². The van der Waals surface area contributed by atoms with Crippen LogP contribution in [0.1, 0.15) is 15.9 Å². The predicted molar refractivity (Wildman–Crippen MR) is 77.8 cm³/mol. The van der Waals surface area contributed by atoms with Crippen molar-refractivity contribution >= 4 is 24.0 Å². The van der Waals surface area contributed by atoms with Crippen LogP contribution < -0.4 is 4.74 Å². The van der Waals surface area contributed by atoms with E-state index in [-0.39, 0.29) is 0 Å². The van der Waals surface area contributed by atoms with Crippen LogP contribution in [0, 0.1) is 0 Å². The van der Waals surface area contributed by atoms with Crippen molar-refractivity contribution in [1.29, 1.82) is 0 Å². The molecular weight excluding hydrogens is 260 g/mol. The second kappa shape index (κ2) is 6.76. The van der Waals surface area contributed by atoms with Crippen molar-refractivity contribution in [1.82, 2.24) is 0 Å². The van der Waals surface area contributed by atoms with Crippen molar-refractivity contribution in [2.24, 2.45) is 0 Å². The summed E-state index contributed by atoms with van der Waals surface area (Å²) in [7, 11) is 0. The molecule has 0 aliphatic rings. The number of carbonyl (C=O) groups is 1. The van der Waals surface area contributed by atoms with Crippen LogP contribution in [-0.2, 0) is 0 Å². The predicted octanol–water partition coefficient (Wildman–Crippen LogP) is 4.24. The number of aldehydes is 1. The number of hydrogen-bond acceptors (Lipinski definition) is 2. The Morgan fingerprint density at radius 3 is 2.58 bits per heavy atom. The molecule has 0 amide bonds. The molecule has 0 spiro atoms. The Morgan fingerprint density at radius 1 is 1.05 bits per heavy atom. The topological polar surface area (TPSA) is 26.3 Å². The van der Waals surface area contributed by atoms with Gasteiger partial charge in [0.25, 0.3) is 0 Å². The van der Waals surface area contributed by atoms with E-state index in [1.807, 2.05) is 42.5 Å². The fraction of sp³-hybridized carbons (Fsp3) is 0.0625. The number of halogens is 1. The van der Waals surface area contributed by atoms with Crippen LogP contribution in [0.5, 0.6) is 5.75 Å². The van der Waals surface area contributed by atoms with Crippen molar-refractivity contribution in [3.8, 4) is 5.75 Å². The van der Waals surface area contributed by atoms with Crippen molar-refractivity contribution < 1.29 is 9.53 Å². The fourth-order valence-electron chi connectivity index (χ4n) is 1.64. The summed E-state index contributed by atoms with van der Waals surface area (Å²) in [5.74, 6) is 0.500. The zero-order valence-electron chi connectivity index (χ0n) is 10.3. The van der Waals surface area contributed by atoms with Crippen LogP contribution in [0.25, 0.3) is 6.08 Å². The summed E-state index contributed by atoms with van der Waals surface area (Å²) in [6.07, 6.45) is 4.56. The number of rotatable bonds is 5. The molecule has 0 unspecified atom stereocenters. The molecule has 0 N–H and O–H groups in total.